The lowest BCUT2D eigenvalue weighted by Crippen LogP contribution is -2.54. The van der Waals surface area contributed by atoms with Crippen LogP contribution >= 0.6 is 0 Å². The van der Waals surface area contributed by atoms with Crippen LogP contribution in [0.2, 0.25) is 0 Å². The third kappa shape index (κ3) is 2.15. The van der Waals surface area contributed by atoms with Gasteiger partial charge in [0.05, 0.1) is 18.2 Å². The Hall–Kier alpha value is -1.00. The largest absolute Gasteiger partial charge is 0.372 e. The topological polar surface area (TPSA) is 47.0 Å². The van der Waals surface area contributed by atoms with Crippen LogP contribution in [0.25, 0.3) is 0 Å². The summed E-state index contributed by atoms with van der Waals surface area (Å²) in [6.07, 6.45) is 10.3. The first kappa shape index (κ1) is 12.1. The Morgan fingerprint density at radius 3 is 3.00 bits per heavy atom. The summed E-state index contributed by atoms with van der Waals surface area (Å²) in [5.74, 6) is 0.741. The Kier molecular flexibility index (Phi) is 3.31. The molecule has 0 aromatic carbocycles. The Morgan fingerprint density at radius 1 is 1.39 bits per heavy atom. The van der Waals surface area contributed by atoms with Crippen molar-refractivity contribution in [1.29, 1.82) is 0 Å². The van der Waals surface area contributed by atoms with Gasteiger partial charge in [0.1, 0.15) is 6.33 Å². The average molecular weight is 247 g/mol. The second kappa shape index (κ2) is 4.94. The van der Waals surface area contributed by atoms with Crippen molar-refractivity contribution >= 4 is 0 Å². The van der Waals surface area contributed by atoms with Crippen molar-refractivity contribution in [2.24, 2.45) is 5.92 Å². The number of hydrogen-bond acceptors (Lipinski definition) is 4. The number of hydrogen-bond donors (Lipinski definition) is 1. The lowest BCUT2D eigenvalue weighted by atomic mass is 9.72. The van der Waals surface area contributed by atoms with Crippen LogP contribution in [-0.2, 0) is 4.74 Å². The molecule has 3 rings (SSSR count). The SMILES string of the molecule is CC1CCCC2(C1)OCCNC2c1cncnc1. The summed E-state index contributed by atoms with van der Waals surface area (Å²) in [5, 5.41) is 3.61. The summed E-state index contributed by atoms with van der Waals surface area (Å²) in [6, 6.07) is 0.246. The minimum Gasteiger partial charge on any atom is -0.372 e. The van der Waals surface area contributed by atoms with Crippen LogP contribution in [0.15, 0.2) is 18.7 Å². The maximum Gasteiger partial charge on any atom is 0.115 e. The van der Waals surface area contributed by atoms with Gasteiger partial charge in [-0.1, -0.05) is 19.8 Å². The zero-order valence-electron chi connectivity index (χ0n) is 10.9. The lowest BCUT2D eigenvalue weighted by molar-refractivity contribution is -0.128. The second-order valence-electron chi connectivity index (χ2n) is 5.67. The van der Waals surface area contributed by atoms with Crippen molar-refractivity contribution in [3.8, 4) is 0 Å². The first-order chi connectivity index (χ1) is 8.80. The molecule has 2 aliphatic rings. The number of rotatable bonds is 1. The summed E-state index contributed by atoms with van der Waals surface area (Å²) in [6.45, 7) is 4.06. The molecule has 2 fully saturated rings. The molecule has 0 radical (unpaired) electrons. The number of morpholine rings is 1. The minimum absolute atomic E-state index is 0.0410. The van der Waals surface area contributed by atoms with Crippen LogP contribution in [-0.4, -0.2) is 28.7 Å². The van der Waals surface area contributed by atoms with E-state index in [4.69, 9.17) is 4.74 Å². The highest BCUT2D eigenvalue weighted by Crippen LogP contribution is 2.44. The van der Waals surface area contributed by atoms with E-state index in [9.17, 15) is 0 Å². The fourth-order valence-electron chi connectivity index (χ4n) is 3.55. The molecule has 1 aromatic rings. The molecule has 1 saturated carbocycles. The van der Waals surface area contributed by atoms with Gasteiger partial charge in [-0.3, -0.25) is 0 Å². The molecular formula is C14H21N3O. The molecule has 3 atom stereocenters. The molecule has 4 heteroatoms. The Labute approximate surface area is 108 Å². The smallest absolute Gasteiger partial charge is 0.115 e. The molecule has 1 aromatic heterocycles. The van der Waals surface area contributed by atoms with Crippen LogP contribution in [0, 0.1) is 5.92 Å². The van der Waals surface area contributed by atoms with Crippen LogP contribution in [0.5, 0.6) is 0 Å². The standard InChI is InChI=1S/C14H21N3O/c1-11-3-2-4-14(7-11)13(17-5-6-18-14)12-8-15-10-16-9-12/h8-11,13,17H,2-7H2,1H3. The highest BCUT2D eigenvalue weighted by atomic mass is 16.5. The van der Waals surface area contributed by atoms with Crippen LogP contribution in [0.1, 0.15) is 44.2 Å². The van der Waals surface area contributed by atoms with Gasteiger partial charge in [0.2, 0.25) is 0 Å². The maximum atomic E-state index is 6.23. The van der Waals surface area contributed by atoms with Crippen molar-refractivity contribution < 1.29 is 4.74 Å². The number of nitrogens with one attached hydrogen (secondary N) is 1. The molecule has 3 unspecified atom stereocenters. The van der Waals surface area contributed by atoms with Crippen molar-refractivity contribution in [2.75, 3.05) is 13.2 Å². The normalized spacial score (nSPS) is 36.7. The third-order valence-corrected chi connectivity index (χ3v) is 4.27. The van der Waals surface area contributed by atoms with Gasteiger partial charge in [0.25, 0.3) is 0 Å². The van der Waals surface area contributed by atoms with Gasteiger partial charge in [0.15, 0.2) is 0 Å². The summed E-state index contributed by atoms with van der Waals surface area (Å²) >= 11 is 0. The summed E-state index contributed by atoms with van der Waals surface area (Å²) in [7, 11) is 0. The quantitative estimate of drug-likeness (QED) is 0.825. The zero-order chi connectivity index (χ0) is 12.4. The van der Waals surface area contributed by atoms with E-state index in [-0.39, 0.29) is 11.6 Å². The van der Waals surface area contributed by atoms with Crippen LogP contribution < -0.4 is 5.32 Å². The van der Waals surface area contributed by atoms with Gasteiger partial charge >= 0.3 is 0 Å². The Bertz CT molecular complexity index is 393. The van der Waals surface area contributed by atoms with Crippen molar-refractivity contribution in [2.45, 2.75) is 44.2 Å². The molecule has 1 saturated heterocycles. The molecule has 18 heavy (non-hydrogen) atoms. The molecule has 1 spiro atoms. The monoisotopic (exact) mass is 247 g/mol. The van der Waals surface area contributed by atoms with Crippen molar-refractivity contribution in [3.05, 3.63) is 24.3 Å². The van der Waals surface area contributed by atoms with E-state index in [2.05, 4.69) is 22.2 Å². The molecule has 0 amide bonds. The van der Waals surface area contributed by atoms with E-state index < -0.39 is 0 Å². The van der Waals surface area contributed by atoms with E-state index >= 15 is 0 Å². The number of aromatic nitrogens is 2. The molecular weight excluding hydrogens is 226 g/mol. The highest BCUT2D eigenvalue weighted by Gasteiger charge is 2.45. The number of ether oxygens (including phenoxy) is 1. The molecule has 4 nitrogen and oxygen atoms in total. The van der Waals surface area contributed by atoms with Gasteiger partial charge < -0.3 is 10.1 Å². The molecule has 0 bridgehead atoms. The lowest BCUT2D eigenvalue weighted by Gasteiger charge is -2.48. The third-order valence-electron chi connectivity index (χ3n) is 4.27. The Morgan fingerprint density at radius 2 is 2.22 bits per heavy atom. The minimum atomic E-state index is -0.0410. The summed E-state index contributed by atoms with van der Waals surface area (Å²) < 4.78 is 6.23. The summed E-state index contributed by atoms with van der Waals surface area (Å²) in [4.78, 5) is 8.30. The fraction of sp³-hybridized carbons (Fsp3) is 0.714. The Balaban J connectivity index is 1.90. The fourth-order valence-corrected chi connectivity index (χ4v) is 3.55. The first-order valence-electron chi connectivity index (χ1n) is 6.92. The average Bonchev–Trinajstić information content (AvgIpc) is 2.40. The predicted octanol–water partition coefficient (Wildman–Crippen LogP) is 2.09. The van der Waals surface area contributed by atoms with Gasteiger partial charge in [-0.25, -0.2) is 9.97 Å². The highest BCUT2D eigenvalue weighted by molar-refractivity contribution is 5.17. The molecule has 2 heterocycles. The zero-order valence-corrected chi connectivity index (χ0v) is 10.9. The maximum absolute atomic E-state index is 6.23. The molecule has 1 N–H and O–H groups in total. The van der Waals surface area contributed by atoms with Gasteiger partial charge in [0, 0.05) is 24.5 Å². The molecule has 98 valence electrons. The predicted molar refractivity (Wildman–Crippen MR) is 69.1 cm³/mol. The van der Waals surface area contributed by atoms with Crippen LogP contribution in [0.4, 0.5) is 0 Å². The van der Waals surface area contributed by atoms with E-state index in [0.717, 1.165) is 37.5 Å². The van der Waals surface area contributed by atoms with E-state index in [1.54, 1.807) is 6.33 Å². The van der Waals surface area contributed by atoms with Gasteiger partial charge in [-0.05, 0) is 18.8 Å². The molecule has 1 aliphatic heterocycles. The van der Waals surface area contributed by atoms with E-state index in [1.165, 1.54) is 12.8 Å². The number of nitrogens with zero attached hydrogens (tertiary/aromatic N) is 2. The van der Waals surface area contributed by atoms with E-state index in [0.29, 0.717) is 0 Å². The first-order valence-corrected chi connectivity index (χ1v) is 6.92. The molecule has 1 aliphatic carbocycles. The summed E-state index contributed by atoms with van der Waals surface area (Å²) in [5.41, 5.74) is 1.12. The van der Waals surface area contributed by atoms with E-state index in [1.807, 2.05) is 12.4 Å². The van der Waals surface area contributed by atoms with Gasteiger partial charge in [-0.15, -0.1) is 0 Å². The second-order valence-corrected chi connectivity index (χ2v) is 5.67. The van der Waals surface area contributed by atoms with Crippen molar-refractivity contribution in [1.82, 2.24) is 15.3 Å². The van der Waals surface area contributed by atoms with Crippen LogP contribution in [0.3, 0.4) is 0 Å². The van der Waals surface area contributed by atoms with Crippen molar-refractivity contribution in [3.63, 3.8) is 0 Å². The van der Waals surface area contributed by atoms with Gasteiger partial charge in [-0.2, -0.15) is 0 Å².